The van der Waals surface area contributed by atoms with Gasteiger partial charge in [-0.25, -0.2) is 0 Å². The topological polar surface area (TPSA) is 58.2 Å². The Bertz CT molecular complexity index is 965. The number of thioether (sulfide) groups is 1. The van der Waals surface area contributed by atoms with E-state index >= 15 is 0 Å². The second-order valence-corrected chi connectivity index (χ2v) is 7.75. The van der Waals surface area contributed by atoms with E-state index in [0.717, 1.165) is 27.6 Å². The van der Waals surface area contributed by atoms with E-state index in [1.54, 1.807) is 0 Å². The summed E-state index contributed by atoms with van der Waals surface area (Å²) in [5, 5.41) is 8.16. The molecule has 0 fully saturated rings. The highest BCUT2D eigenvalue weighted by molar-refractivity contribution is 8.00. The Morgan fingerprint density at radius 2 is 1.57 bits per heavy atom. The van der Waals surface area contributed by atoms with E-state index in [9.17, 15) is 9.59 Å². The van der Waals surface area contributed by atoms with Crippen LogP contribution in [0.3, 0.4) is 0 Å². The van der Waals surface area contributed by atoms with Gasteiger partial charge in [-0.1, -0.05) is 60.2 Å². The minimum Gasteiger partial charge on any atom is -0.349 e. The summed E-state index contributed by atoms with van der Waals surface area (Å²) in [5.41, 5.74) is 3.00. The van der Waals surface area contributed by atoms with Gasteiger partial charge in [0, 0.05) is 5.69 Å². The van der Waals surface area contributed by atoms with Gasteiger partial charge in [0.1, 0.15) is 0 Å². The molecule has 2 amide bonds. The summed E-state index contributed by atoms with van der Waals surface area (Å²) in [6.45, 7) is 3.98. The van der Waals surface area contributed by atoms with E-state index in [1.807, 2.05) is 62.4 Å². The van der Waals surface area contributed by atoms with E-state index in [4.69, 9.17) is 0 Å². The van der Waals surface area contributed by atoms with Crippen LogP contribution in [0.2, 0.25) is 0 Å². The van der Waals surface area contributed by atoms with E-state index < -0.39 is 0 Å². The van der Waals surface area contributed by atoms with E-state index in [1.165, 1.54) is 11.8 Å². The Morgan fingerprint density at radius 1 is 0.893 bits per heavy atom. The lowest BCUT2D eigenvalue weighted by atomic mass is 10.00. The predicted octanol–water partition coefficient (Wildman–Crippen LogP) is 4.70. The smallest absolute Gasteiger partial charge is 0.234 e. The van der Waals surface area contributed by atoms with Crippen LogP contribution in [-0.4, -0.2) is 23.3 Å². The third-order valence-corrected chi connectivity index (χ3v) is 5.40. The van der Waals surface area contributed by atoms with Gasteiger partial charge in [-0.15, -0.1) is 11.8 Å². The van der Waals surface area contributed by atoms with Crippen LogP contribution in [0.5, 0.6) is 0 Å². The first kappa shape index (κ1) is 20.0. The summed E-state index contributed by atoms with van der Waals surface area (Å²) < 4.78 is 0. The number of anilines is 1. The third-order valence-electron chi connectivity index (χ3n) is 4.47. The highest BCUT2D eigenvalue weighted by Gasteiger charge is 2.13. The SMILES string of the molecule is Cc1ccc(NC(=O)CSCC(=O)NC(C)c2cccc3ccccc23)cc1. The first-order valence-electron chi connectivity index (χ1n) is 9.24. The van der Waals surface area contributed by atoms with Crippen LogP contribution in [0.15, 0.2) is 66.7 Å². The average molecular weight is 393 g/mol. The second kappa shape index (κ2) is 9.42. The fraction of sp³-hybridized carbons (Fsp3) is 0.217. The van der Waals surface area contributed by atoms with Crippen molar-refractivity contribution >= 4 is 40.0 Å². The van der Waals surface area contributed by atoms with Gasteiger partial charge in [0.2, 0.25) is 11.8 Å². The highest BCUT2D eigenvalue weighted by Crippen LogP contribution is 2.24. The fourth-order valence-electron chi connectivity index (χ4n) is 3.06. The van der Waals surface area contributed by atoms with Crippen molar-refractivity contribution in [1.29, 1.82) is 0 Å². The van der Waals surface area contributed by atoms with E-state index in [-0.39, 0.29) is 29.4 Å². The average Bonchev–Trinajstić information content (AvgIpc) is 2.69. The van der Waals surface area contributed by atoms with Gasteiger partial charge in [-0.2, -0.15) is 0 Å². The second-order valence-electron chi connectivity index (χ2n) is 6.76. The minimum atomic E-state index is -0.108. The molecule has 0 bridgehead atoms. The summed E-state index contributed by atoms with van der Waals surface area (Å²) >= 11 is 1.31. The maximum atomic E-state index is 12.3. The Hall–Kier alpha value is -2.79. The lowest BCUT2D eigenvalue weighted by Crippen LogP contribution is -2.29. The Morgan fingerprint density at radius 3 is 2.36 bits per heavy atom. The monoisotopic (exact) mass is 392 g/mol. The highest BCUT2D eigenvalue weighted by atomic mass is 32.2. The first-order chi connectivity index (χ1) is 13.5. The van der Waals surface area contributed by atoms with Crippen molar-refractivity contribution in [3.8, 4) is 0 Å². The maximum absolute atomic E-state index is 12.3. The zero-order valence-electron chi connectivity index (χ0n) is 16.1. The van der Waals surface area contributed by atoms with Crippen LogP contribution in [0.4, 0.5) is 5.69 Å². The van der Waals surface area contributed by atoms with Crippen molar-refractivity contribution in [1.82, 2.24) is 5.32 Å². The molecule has 0 saturated heterocycles. The van der Waals surface area contributed by atoms with Gasteiger partial charge >= 0.3 is 0 Å². The van der Waals surface area contributed by atoms with Gasteiger partial charge < -0.3 is 10.6 Å². The van der Waals surface area contributed by atoms with E-state index in [0.29, 0.717) is 0 Å². The number of rotatable bonds is 7. The summed E-state index contributed by atoms with van der Waals surface area (Å²) in [6, 6.07) is 21.8. The number of carbonyl (C=O) groups excluding carboxylic acids is 2. The molecule has 0 saturated carbocycles. The predicted molar refractivity (Wildman–Crippen MR) is 118 cm³/mol. The zero-order chi connectivity index (χ0) is 19.9. The normalized spacial score (nSPS) is 11.8. The lowest BCUT2D eigenvalue weighted by Gasteiger charge is -2.16. The quantitative estimate of drug-likeness (QED) is 0.613. The molecule has 4 nitrogen and oxygen atoms in total. The lowest BCUT2D eigenvalue weighted by molar-refractivity contribution is -0.119. The Balaban J connectivity index is 1.47. The van der Waals surface area contributed by atoms with Crippen molar-refractivity contribution in [3.63, 3.8) is 0 Å². The third kappa shape index (κ3) is 5.36. The summed E-state index contributed by atoms with van der Waals surface area (Å²) in [4.78, 5) is 24.3. The molecule has 0 aliphatic heterocycles. The largest absolute Gasteiger partial charge is 0.349 e. The Labute approximate surface area is 169 Å². The molecule has 3 aromatic rings. The summed E-state index contributed by atoms with van der Waals surface area (Å²) in [7, 11) is 0. The molecule has 3 rings (SSSR count). The van der Waals surface area contributed by atoms with Gasteiger partial charge in [-0.3, -0.25) is 9.59 Å². The van der Waals surface area contributed by atoms with Crippen LogP contribution in [0.25, 0.3) is 10.8 Å². The van der Waals surface area contributed by atoms with Crippen LogP contribution < -0.4 is 10.6 Å². The molecular weight excluding hydrogens is 368 g/mol. The number of nitrogens with one attached hydrogen (secondary N) is 2. The van der Waals surface area contributed by atoms with Crippen LogP contribution >= 0.6 is 11.8 Å². The molecule has 0 aliphatic carbocycles. The molecule has 28 heavy (non-hydrogen) atoms. The van der Waals surface area contributed by atoms with Crippen molar-refractivity contribution in [3.05, 3.63) is 77.9 Å². The standard InChI is InChI=1S/C23H24N2O2S/c1-16-10-12-19(13-11-16)25-23(27)15-28-14-22(26)24-17(2)20-9-5-7-18-6-3-4-8-21(18)20/h3-13,17H,14-15H2,1-2H3,(H,24,26)(H,25,27). The molecule has 144 valence electrons. The van der Waals surface area contributed by atoms with Gasteiger partial charge in [-0.05, 0) is 42.3 Å². The summed E-state index contributed by atoms with van der Waals surface area (Å²) in [6.07, 6.45) is 0. The molecule has 5 heteroatoms. The molecule has 0 radical (unpaired) electrons. The number of fused-ring (bicyclic) bond motifs is 1. The summed E-state index contributed by atoms with van der Waals surface area (Å²) in [5.74, 6) is 0.303. The molecule has 1 atom stereocenters. The zero-order valence-corrected chi connectivity index (χ0v) is 16.9. The molecule has 3 aromatic carbocycles. The first-order valence-corrected chi connectivity index (χ1v) is 10.4. The van der Waals surface area contributed by atoms with Gasteiger partial charge in [0.25, 0.3) is 0 Å². The van der Waals surface area contributed by atoms with Crippen molar-refractivity contribution in [2.45, 2.75) is 19.9 Å². The van der Waals surface area contributed by atoms with Crippen molar-refractivity contribution in [2.75, 3.05) is 16.8 Å². The molecule has 0 aliphatic rings. The number of hydrogen-bond donors (Lipinski definition) is 2. The van der Waals surface area contributed by atoms with Gasteiger partial charge in [0.15, 0.2) is 0 Å². The molecule has 1 unspecified atom stereocenters. The minimum absolute atomic E-state index is 0.0754. The van der Waals surface area contributed by atoms with Gasteiger partial charge in [0.05, 0.1) is 17.5 Å². The van der Waals surface area contributed by atoms with Crippen molar-refractivity contribution < 1.29 is 9.59 Å². The number of hydrogen-bond acceptors (Lipinski definition) is 3. The molecular formula is C23H24N2O2S. The van der Waals surface area contributed by atoms with E-state index in [2.05, 4.69) is 28.8 Å². The molecule has 0 heterocycles. The molecule has 0 aromatic heterocycles. The molecule has 2 N–H and O–H groups in total. The van der Waals surface area contributed by atoms with Crippen LogP contribution in [-0.2, 0) is 9.59 Å². The number of aryl methyl sites for hydroxylation is 1. The van der Waals surface area contributed by atoms with Crippen LogP contribution in [0.1, 0.15) is 24.1 Å². The number of carbonyl (C=O) groups is 2. The fourth-order valence-corrected chi connectivity index (χ4v) is 3.69. The Kier molecular flexibility index (Phi) is 6.71. The number of benzene rings is 3. The number of amides is 2. The van der Waals surface area contributed by atoms with Crippen LogP contribution in [0, 0.1) is 6.92 Å². The molecule has 0 spiro atoms. The maximum Gasteiger partial charge on any atom is 0.234 e. The van der Waals surface area contributed by atoms with Crippen molar-refractivity contribution in [2.24, 2.45) is 0 Å².